The monoisotopic (exact) mass is 290 g/mol. The van der Waals surface area contributed by atoms with Crippen LogP contribution in [-0.2, 0) is 11.3 Å². The molecule has 1 aliphatic heterocycles. The number of aryl methyl sites for hydroxylation is 1. The van der Waals surface area contributed by atoms with Gasteiger partial charge in [0.15, 0.2) is 0 Å². The van der Waals surface area contributed by atoms with Gasteiger partial charge < -0.3 is 15.2 Å². The first-order chi connectivity index (χ1) is 10.1. The van der Waals surface area contributed by atoms with Gasteiger partial charge in [-0.1, -0.05) is 0 Å². The summed E-state index contributed by atoms with van der Waals surface area (Å²) in [6.07, 6.45) is 3.77. The van der Waals surface area contributed by atoms with Crippen LogP contribution < -0.4 is 5.73 Å². The van der Waals surface area contributed by atoms with Crippen molar-refractivity contribution in [1.82, 2.24) is 14.5 Å². The number of halogens is 1. The molecule has 1 aromatic heterocycles. The Balaban J connectivity index is 1.72. The Hall–Kier alpha value is -2.11. The lowest BCUT2D eigenvalue weighted by molar-refractivity contribution is -0.132. The van der Waals surface area contributed by atoms with Crippen LogP contribution in [0.25, 0.3) is 11.0 Å². The SMILES string of the molecule is Nc1nc2cc(F)ccc2n1CCC(=O)N1CCCCC1. The molecule has 112 valence electrons. The van der Waals surface area contributed by atoms with Crippen molar-refractivity contribution in [2.45, 2.75) is 32.2 Å². The van der Waals surface area contributed by atoms with Crippen molar-refractivity contribution >= 4 is 22.9 Å². The third kappa shape index (κ3) is 2.84. The van der Waals surface area contributed by atoms with Gasteiger partial charge in [0.05, 0.1) is 11.0 Å². The number of amides is 1. The van der Waals surface area contributed by atoms with Crippen molar-refractivity contribution < 1.29 is 9.18 Å². The van der Waals surface area contributed by atoms with E-state index in [1.807, 2.05) is 4.90 Å². The molecule has 3 rings (SSSR count). The molecule has 0 radical (unpaired) electrons. The highest BCUT2D eigenvalue weighted by Crippen LogP contribution is 2.20. The third-order valence-electron chi connectivity index (χ3n) is 4.00. The summed E-state index contributed by atoms with van der Waals surface area (Å²) in [5.74, 6) is 0.136. The van der Waals surface area contributed by atoms with E-state index in [1.165, 1.54) is 18.6 Å². The van der Waals surface area contributed by atoms with Crippen LogP contribution in [0.1, 0.15) is 25.7 Å². The maximum Gasteiger partial charge on any atom is 0.224 e. The first-order valence-corrected chi connectivity index (χ1v) is 7.34. The minimum absolute atomic E-state index is 0.151. The topological polar surface area (TPSA) is 64.1 Å². The molecule has 0 unspecified atom stereocenters. The van der Waals surface area contributed by atoms with Crippen LogP contribution in [0.15, 0.2) is 18.2 Å². The number of nitrogens with two attached hydrogens (primary N) is 1. The molecular formula is C15H19FN4O. The van der Waals surface area contributed by atoms with E-state index in [9.17, 15) is 9.18 Å². The summed E-state index contributed by atoms with van der Waals surface area (Å²) in [5.41, 5.74) is 7.16. The lowest BCUT2D eigenvalue weighted by Crippen LogP contribution is -2.36. The fourth-order valence-corrected chi connectivity index (χ4v) is 2.87. The molecule has 1 amide bonds. The average molecular weight is 290 g/mol. The molecule has 2 aromatic rings. The fraction of sp³-hybridized carbons (Fsp3) is 0.467. The van der Waals surface area contributed by atoms with Crippen molar-refractivity contribution in [1.29, 1.82) is 0 Å². The number of rotatable bonds is 3. The molecular weight excluding hydrogens is 271 g/mol. The summed E-state index contributed by atoms with van der Waals surface area (Å²) in [6, 6.07) is 4.39. The number of benzene rings is 1. The maximum absolute atomic E-state index is 13.2. The first-order valence-electron chi connectivity index (χ1n) is 7.34. The van der Waals surface area contributed by atoms with E-state index < -0.39 is 0 Å². The van der Waals surface area contributed by atoms with Gasteiger partial charge in [0.1, 0.15) is 5.82 Å². The number of nitrogen functional groups attached to an aromatic ring is 1. The van der Waals surface area contributed by atoms with Gasteiger partial charge in [-0.2, -0.15) is 0 Å². The van der Waals surface area contributed by atoms with Crippen molar-refractivity contribution in [2.24, 2.45) is 0 Å². The Labute approximate surface area is 122 Å². The molecule has 1 saturated heterocycles. The van der Waals surface area contributed by atoms with Crippen molar-refractivity contribution in [3.05, 3.63) is 24.0 Å². The van der Waals surface area contributed by atoms with E-state index in [-0.39, 0.29) is 11.7 Å². The number of nitrogens with zero attached hydrogens (tertiary/aromatic N) is 3. The number of carbonyl (C=O) groups excluding carboxylic acids is 1. The number of aromatic nitrogens is 2. The molecule has 5 nitrogen and oxygen atoms in total. The minimum Gasteiger partial charge on any atom is -0.369 e. The number of hydrogen-bond acceptors (Lipinski definition) is 3. The highest BCUT2D eigenvalue weighted by molar-refractivity contribution is 5.79. The second-order valence-electron chi connectivity index (χ2n) is 5.45. The second-order valence-corrected chi connectivity index (χ2v) is 5.45. The van der Waals surface area contributed by atoms with Gasteiger partial charge in [-0.05, 0) is 31.4 Å². The Bertz CT molecular complexity index is 661. The summed E-state index contributed by atoms with van der Waals surface area (Å²) in [4.78, 5) is 18.2. The predicted molar refractivity (Wildman–Crippen MR) is 79.2 cm³/mol. The number of anilines is 1. The molecule has 1 aliphatic rings. The van der Waals surface area contributed by atoms with Crippen molar-refractivity contribution in [3.63, 3.8) is 0 Å². The molecule has 0 bridgehead atoms. The lowest BCUT2D eigenvalue weighted by Gasteiger charge is -2.26. The summed E-state index contributed by atoms with van der Waals surface area (Å²) in [6.45, 7) is 2.18. The Morgan fingerprint density at radius 1 is 1.29 bits per heavy atom. The van der Waals surface area contributed by atoms with Gasteiger partial charge in [0, 0.05) is 32.1 Å². The van der Waals surface area contributed by atoms with Crippen molar-refractivity contribution in [3.8, 4) is 0 Å². The molecule has 0 spiro atoms. The Morgan fingerprint density at radius 3 is 2.81 bits per heavy atom. The molecule has 1 fully saturated rings. The van der Waals surface area contributed by atoms with Crippen LogP contribution in [0.4, 0.5) is 10.3 Å². The number of imidazole rings is 1. The van der Waals surface area contributed by atoms with Gasteiger partial charge in [-0.25, -0.2) is 9.37 Å². The number of piperidine rings is 1. The van der Waals surface area contributed by atoms with E-state index in [4.69, 9.17) is 5.73 Å². The van der Waals surface area contributed by atoms with Crippen LogP contribution in [0.2, 0.25) is 0 Å². The zero-order valence-electron chi connectivity index (χ0n) is 11.9. The molecule has 2 N–H and O–H groups in total. The summed E-state index contributed by atoms with van der Waals surface area (Å²) in [5, 5.41) is 0. The molecule has 0 atom stereocenters. The van der Waals surface area contributed by atoms with Crippen LogP contribution in [0.3, 0.4) is 0 Å². The van der Waals surface area contributed by atoms with Gasteiger partial charge in [-0.15, -0.1) is 0 Å². The highest BCUT2D eigenvalue weighted by atomic mass is 19.1. The maximum atomic E-state index is 13.2. The van der Waals surface area contributed by atoms with Gasteiger partial charge in [0.25, 0.3) is 0 Å². The van der Waals surface area contributed by atoms with E-state index in [0.717, 1.165) is 31.4 Å². The molecule has 6 heteroatoms. The second kappa shape index (κ2) is 5.71. The molecule has 2 heterocycles. The number of likely N-dealkylation sites (tertiary alicyclic amines) is 1. The van der Waals surface area contributed by atoms with Crippen LogP contribution in [-0.4, -0.2) is 33.4 Å². The quantitative estimate of drug-likeness (QED) is 0.942. The fourth-order valence-electron chi connectivity index (χ4n) is 2.87. The lowest BCUT2D eigenvalue weighted by atomic mass is 10.1. The normalized spacial score (nSPS) is 15.6. The average Bonchev–Trinajstić information content (AvgIpc) is 2.80. The number of hydrogen-bond donors (Lipinski definition) is 1. The summed E-state index contributed by atoms with van der Waals surface area (Å²) in [7, 11) is 0. The molecule has 0 saturated carbocycles. The van der Waals surface area contributed by atoms with Crippen LogP contribution >= 0.6 is 0 Å². The summed E-state index contributed by atoms with van der Waals surface area (Å²) < 4.78 is 15.0. The third-order valence-corrected chi connectivity index (χ3v) is 4.00. The summed E-state index contributed by atoms with van der Waals surface area (Å²) >= 11 is 0. The Kier molecular flexibility index (Phi) is 3.77. The van der Waals surface area contributed by atoms with Gasteiger partial charge >= 0.3 is 0 Å². The van der Waals surface area contributed by atoms with Crippen molar-refractivity contribution in [2.75, 3.05) is 18.8 Å². The minimum atomic E-state index is -0.337. The molecule has 21 heavy (non-hydrogen) atoms. The Morgan fingerprint density at radius 2 is 2.05 bits per heavy atom. The first kappa shape index (κ1) is 13.9. The highest BCUT2D eigenvalue weighted by Gasteiger charge is 2.17. The zero-order valence-corrected chi connectivity index (χ0v) is 11.9. The molecule has 0 aliphatic carbocycles. The van der Waals surface area contributed by atoms with Gasteiger partial charge in [0.2, 0.25) is 11.9 Å². The van der Waals surface area contributed by atoms with Gasteiger partial charge in [-0.3, -0.25) is 4.79 Å². The van der Waals surface area contributed by atoms with E-state index in [0.29, 0.717) is 24.4 Å². The number of carbonyl (C=O) groups is 1. The van der Waals surface area contributed by atoms with E-state index in [2.05, 4.69) is 4.98 Å². The zero-order chi connectivity index (χ0) is 14.8. The van der Waals surface area contributed by atoms with E-state index >= 15 is 0 Å². The van der Waals surface area contributed by atoms with E-state index in [1.54, 1.807) is 10.6 Å². The predicted octanol–water partition coefficient (Wildman–Crippen LogP) is 2.16. The largest absolute Gasteiger partial charge is 0.369 e. The van der Waals surface area contributed by atoms with Crippen LogP contribution in [0, 0.1) is 5.82 Å². The van der Waals surface area contributed by atoms with Crippen LogP contribution in [0.5, 0.6) is 0 Å². The molecule has 1 aromatic carbocycles. The standard InChI is InChI=1S/C15H19FN4O/c16-11-4-5-13-12(10-11)18-15(17)20(13)9-6-14(21)19-7-2-1-3-8-19/h4-5,10H,1-3,6-9H2,(H2,17,18). The number of fused-ring (bicyclic) bond motifs is 1. The smallest absolute Gasteiger partial charge is 0.224 e.